The number of likely N-dealkylation sites (tertiary alicyclic amines) is 1. The first-order chi connectivity index (χ1) is 9.10. The molecule has 1 amide bonds. The van der Waals surface area contributed by atoms with Crippen LogP contribution in [0.3, 0.4) is 0 Å². The summed E-state index contributed by atoms with van der Waals surface area (Å²) in [5, 5.41) is 0.739. The molecule has 2 rings (SSSR count). The van der Waals surface area contributed by atoms with Crippen molar-refractivity contribution in [1.82, 2.24) is 4.90 Å². The van der Waals surface area contributed by atoms with Crippen molar-refractivity contribution in [2.75, 3.05) is 13.1 Å². The highest BCUT2D eigenvalue weighted by Crippen LogP contribution is 2.28. The standard InChI is InChI=1S/C15H21ClN2O/c1-2-4-15(19)18-9-12(8-14(17)10-18)11-5-3-6-13(16)7-11/h3,5-7,12,14H,2,4,8-10,17H2,1H3. The van der Waals surface area contributed by atoms with Crippen LogP contribution in [0.15, 0.2) is 24.3 Å². The van der Waals surface area contributed by atoms with Gasteiger partial charge in [0.15, 0.2) is 0 Å². The van der Waals surface area contributed by atoms with E-state index in [1.54, 1.807) is 0 Å². The number of hydrogen-bond donors (Lipinski definition) is 1. The Morgan fingerprint density at radius 3 is 2.95 bits per heavy atom. The molecule has 1 aliphatic rings. The van der Waals surface area contributed by atoms with E-state index in [4.69, 9.17) is 17.3 Å². The summed E-state index contributed by atoms with van der Waals surface area (Å²) < 4.78 is 0. The van der Waals surface area contributed by atoms with Crippen LogP contribution in [0.5, 0.6) is 0 Å². The molecule has 1 saturated heterocycles. The summed E-state index contributed by atoms with van der Waals surface area (Å²) in [5.74, 6) is 0.507. The van der Waals surface area contributed by atoms with Crippen molar-refractivity contribution in [3.63, 3.8) is 0 Å². The average Bonchev–Trinajstić information content (AvgIpc) is 2.38. The predicted molar refractivity (Wildman–Crippen MR) is 78.3 cm³/mol. The molecule has 0 aliphatic carbocycles. The lowest BCUT2D eigenvalue weighted by molar-refractivity contribution is -0.132. The van der Waals surface area contributed by atoms with Crippen LogP contribution in [-0.2, 0) is 4.79 Å². The zero-order chi connectivity index (χ0) is 13.8. The second-order valence-corrected chi connectivity index (χ2v) is 5.73. The molecule has 1 aliphatic heterocycles. The van der Waals surface area contributed by atoms with Crippen LogP contribution in [0.2, 0.25) is 5.02 Å². The Bertz CT molecular complexity index is 450. The molecule has 2 unspecified atom stereocenters. The van der Waals surface area contributed by atoms with Gasteiger partial charge < -0.3 is 10.6 Å². The highest BCUT2D eigenvalue weighted by atomic mass is 35.5. The molecule has 0 saturated carbocycles. The Hall–Kier alpha value is -1.06. The molecule has 4 heteroatoms. The summed E-state index contributed by atoms with van der Waals surface area (Å²) >= 11 is 6.04. The maximum Gasteiger partial charge on any atom is 0.222 e. The molecule has 0 aromatic heterocycles. The van der Waals surface area contributed by atoms with E-state index in [-0.39, 0.29) is 11.9 Å². The second-order valence-electron chi connectivity index (χ2n) is 5.30. The first kappa shape index (κ1) is 14.4. The zero-order valence-electron chi connectivity index (χ0n) is 11.3. The molecule has 19 heavy (non-hydrogen) atoms. The van der Waals surface area contributed by atoms with Crippen LogP contribution in [0, 0.1) is 0 Å². The summed E-state index contributed by atoms with van der Waals surface area (Å²) in [6.45, 7) is 3.46. The molecule has 104 valence electrons. The van der Waals surface area contributed by atoms with Gasteiger partial charge in [0.05, 0.1) is 0 Å². The van der Waals surface area contributed by atoms with Crippen LogP contribution in [0.1, 0.15) is 37.7 Å². The van der Waals surface area contributed by atoms with E-state index >= 15 is 0 Å². The van der Waals surface area contributed by atoms with E-state index < -0.39 is 0 Å². The minimum Gasteiger partial charge on any atom is -0.341 e. The lowest BCUT2D eigenvalue weighted by Gasteiger charge is -2.36. The number of carbonyl (C=O) groups excluding carboxylic acids is 1. The van der Waals surface area contributed by atoms with Crippen molar-refractivity contribution in [1.29, 1.82) is 0 Å². The Morgan fingerprint density at radius 2 is 2.26 bits per heavy atom. The SMILES string of the molecule is CCCC(=O)N1CC(N)CC(c2cccc(Cl)c2)C1. The van der Waals surface area contributed by atoms with E-state index in [0.29, 0.717) is 18.9 Å². The van der Waals surface area contributed by atoms with Crippen LogP contribution in [0.25, 0.3) is 0 Å². The fourth-order valence-electron chi connectivity index (χ4n) is 2.72. The van der Waals surface area contributed by atoms with Gasteiger partial charge in [-0.2, -0.15) is 0 Å². The van der Waals surface area contributed by atoms with Gasteiger partial charge in [-0.25, -0.2) is 0 Å². The van der Waals surface area contributed by atoms with Gasteiger partial charge >= 0.3 is 0 Å². The maximum atomic E-state index is 12.0. The molecular formula is C15H21ClN2O. The Labute approximate surface area is 119 Å². The molecule has 2 N–H and O–H groups in total. The van der Waals surface area contributed by atoms with E-state index in [9.17, 15) is 4.79 Å². The van der Waals surface area contributed by atoms with Gasteiger partial charge in [0.2, 0.25) is 5.91 Å². The largest absolute Gasteiger partial charge is 0.341 e. The highest BCUT2D eigenvalue weighted by molar-refractivity contribution is 6.30. The first-order valence-corrected chi connectivity index (χ1v) is 7.26. The predicted octanol–water partition coefficient (Wildman–Crippen LogP) is 2.78. The van der Waals surface area contributed by atoms with E-state index in [1.165, 1.54) is 5.56 Å². The summed E-state index contributed by atoms with van der Waals surface area (Å²) in [6, 6.07) is 7.92. The Kier molecular flexibility index (Phi) is 4.83. The maximum absolute atomic E-state index is 12.0. The van der Waals surface area contributed by atoms with Crippen molar-refractivity contribution >= 4 is 17.5 Å². The van der Waals surface area contributed by atoms with Crippen LogP contribution in [0.4, 0.5) is 0 Å². The number of benzene rings is 1. The van der Waals surface area contributed by atoms with Crippen molar-refractivity contribution < 1.29 is 4.79 Å². The van der Waals surface area contributed by atoms with Gasteiger partial charge in [0.25, 0.3) is 0 Å². The third kappa shape index (κ3) is 3.71. The van der Waals surface area contributed by atoms with Gasteiger partial charge in [-0.3, -0.25) is 4.79 Å². The quantitative estimate of drug-likeness (QED) is 0.925. The van der Waals surface area contributed by atoms with Crippen LogP contribution < -0.4 is 5.73 Å². The summed E-state index contributed by atoms with van der Waals surface area (Å²) in [5.41, 5.74) is 7.28. The molecule has 3 nitrogen and oxygen atoms in total. The topological polar surface area (TPSA) is 46.3 Å². The fraction of sp³-hybridized carbons (Fsp3) is 0.533. The Balaban J connectivity index is 2.11. The molecule has 1 aromatic carbocycles. The minimum absolute atomic E-state index is 0.0542. The lowest BCUT2D eigenvalue weighted by atomic mass is 9.88. The fourth-order valence-corrected chi connectivity index (χ4v) is 2.91. The molecule has 1 heterocycles. The van der Waals surface area contributed by atoms with Crippen molar-refractivity contribution in [2.24, 2.45) is 5.73 Å². The lowest BCUT2D eigenvalue weighted by Crippen LogP contribution is -2.48. The molecular weight excluding hydrogens is 260 g/mol. The number of nitrogens with zero attached hydrogens (tertiary/aromatic N) is 1. The minimum atomic E-state index is 0.0542. The molecule has 1 aromatic rings. The number of piperidine rings is 1. The van der Waals surface area contributed by atoms with Gasteiger partial charge in [0, 0.05) is 36.5 Å². The number of carbonyl (C=O) groups is 1. The normalized spacial score (nSPS) is 23.4. The zero-order valence-corrected chi connectivity index (χ0v) is 12.1. The molecule has 2 atom stereocenters. The monoisotopic (exact) mass is 280 g/mol. The van der Waals surface area contributed by atoms with Gasteiger partial charge in [-0.1, -0.05) is 30.7 Å². The summed E-state index contributed by atoms with van der Waals surface area (Å²) in [4.78, 5) is 13.9. The molecule has 0 bridgehead atoms. The highest BCUT2D eigenvalue weighted by Gasteiger charge is 2.28. The van der Waals surface area contributed by atoms with Gasteiger partial charge in [-0.05, 0) is 30.5 Å². The Morgan fingerprint density at radius 1 is 1.47 bits per heavy atom. The summed E-state index contributed by atoms with van der Waals surface area (Å²) in [7, 11) is 0. The van der Waals surface area contributed by atoms with Crippen LogP contribution >= 0.6 is 11.6 Å². The molecule has 0 radical (unpaired) electrons. The number of nitrogens with two attached hydrogens (primary N) is 1. The molecule has 0 spiro atoms. The van der Waals surface area contributed by atoms with Crippen molar-refractivity contribution in [3.05, 3.63) is 34.9 Å². The van der Waals surface area contributed by atoms with Crippen molar-refractivity contribution in [3.8, 4) is 0 Å². The van der Waals surface area contributed by atoms with Crippen molar-refractivity contribution in [2.45, 2.75) is 38.1 Å². The third-order valence-electron chi connectivity index (χ3n) is 3.62. The molecule has 1 fully saturated rings. The second kappa shape index (κ2) is 6.40. The van der Waals surface area contributed by atoms with Gasteiger partial charge in [-0.15, -0.1) is 0 Å². The van der Waals surface area contributed by atoms with E-state index in [0.717, 1.165) is 24.4 Å². The number of amides is 1. The average molecular weight is 281 g/mol. The smallest absolute Gasteiger partial charge is 0.222 e. The third-order valence-corrected chi connectivity index (χ3v) is 3.85. The first-order valence-electron chi connectivity index (χ1n) is 6.89. The summed E-state index contributed by atoms with van der Waals surface area (Å²) in [6.07, 6.45) is 2.40. The van der Waals surface area contributed by atoms with E-state index in [1.807, 2.05) is 30.0 Å². The number of hydrogen-bond acceptors (Lipinski definition) is 2. The van der Waals surface area contributed by atoms with Gasteiger partial charge in [0.1, 0.15) is 0 Å². The number of halogens is 1. The number of rotatable bonds is 3. The van der Waals surface area contributed by atoms with Crippen LogP contribution in [-0.4, -0.2) is 29.9 Å². The van der Waals surface area contributed by atoms with E-state index in [2.05, 4.69) is 6.07 Å².